The van der Waals surface area contributed by atoms with Crippen LogP contribution >= 0.6 is 0 Å². The first-order chi connectivity index (χ1) is 9.03. The van der Waals surface area contributed by atoms with Crippen LogP contribution in [0.3, 0.4) is 0 Å². The van der Waals surface area contributed by atoms with Crippen LogP contribution in [0.25, 0.3) is 0 Å². The molecule has 1 aliphatic rings. The SMILES string of the molecule is CC(C)(C)NCCCc1ncc(CC2CCCC2)o1. The van der Waals surface area contributed by atoms with E-state index in [4.69, 9.17) is 4.42 Å². The van der Waals surface area contributed by atoms with Crippen LogP contribution in [-0.4, -0.2) is 17.1 Å². The predicted octanol–water partition coefficient (Wildman–Crippen LogP) is 3.73. The molecule has 1 aromatic rings. The molecular formula is C16H28N2O. The number of rotatable bonds is 6. The van der Waals surface area contributed by atoms with Gasteiger partial charge in [-0.05, 0) is 39.7 Å². The molecule has 108 valence electrons. The fourth-order valence-corrected chi connectivity index (χ4v) is 2.76. The fraction of sp³-hybridized carbons (Fsp3) is 0.812. The van der Waals surface area contributed by atoms with Crippen molar-refractivity contribution in [1.82, 2.24) is 10.3 Å². The summed E-state index contributed by atoms with van der Waals surface area (Å²) in [7, 11) is 0. The van der Waals surface area contributed by atoms with Gasteiger partial charge in [0.15, 0.2) is 5.89 Å². The number of oxazole rings is 1. The number of nitrogens with one attached hydrogen (secondary N) is 1. The first kappa shape index (κ1) is 14.6. The number of aryl methyl sites for hydroxylation is 1. The van der Waals surface area contributed by atoms with Gasteiger partial charge in [0, 0.05) is 18.4 Å². The zero-order valence-corrected chi connectivity index (χ0v) is 12.7. The van der Waals surface area contributed by atoms with Crippen LogP contribution in [0.2, 0.25) is 0 Å². The van der Waals surface area contributed by atoms with E-state index in [1.807, 2.05) is 6.20 Å². The molecule has 0 unspecified atom stereocenters. The smallest absolute Gasteiger partial charge is 0.194 e. The second kappa shape index (κ2) is 6.56. The van der Waals surface area contributed by atoms with E-state index in [9.17, 15) is 0 Å². The van der Waals surface area contributed by atoms with Crippen molar-refractivity contribution in [2.24, 2.45) is 5.92 Å². The minimum Gasteiger partial charge on any atom is -0.446 e. The number of aromatic nitrogens is 1. The van der Waals surface area contributed by atoms with Crippen LogP contribution in [0.15, 0.2) is 10.6 Å². The third kappa shape index (κ3) is 5.35. The Hall–Kier alpha value is -0.830. The molecule has 1 heterocycles. The fourth-order valence-electron chi connectivity index (χ4n) is 2.76. The summed E-state index contributed by atoms with van der Waals surface area (Å²) in [6.07, 6.45) is 10.6. The second-order valence-electron chi connectivity index (χ2n) is 6.86. The Kier molecular flexibility index (Phi) is 5.03. The van der Waals surface area contributed by atoms with E-state index in [0.29, 0.717) is 0 Å². The molecule has 0 atom stereocenters. The van der Waals surface area contributed by atoms with Crippen molar-refractivity contribution in [1.29, 1.82) is 0 Å². The maximum Gasteiger partial charge on any atom is 0.194 e. The molecule has 0 aromatic carbocycles. The molecule has 1 aliphatic carbocycles. The average Bonchev–Trinajstić information content (AvgIpc) is 2.96. The highest BCUT2D eigenvalue weighted by Gasteiger charge is 2.17. The molecule has 1 fully saturated rings. The van der Waals surface area contributed by atoms with Crippen LogP contribution in [0.4, 0.5) is 0 Å². The van der Waals surface area contributed by atoms with Crippen LogP contribution in [0.1, 0.15) is 64.5 Å². The summed E-state index contributed by atoms with van der Waals surface area (Å²) in [6, 6.07) is 0. The first-order valence-corrected chi connectivity index (χ1v) is 7.71. The Morgan fingerprint density at radius 3 is 2.74 bits per heavy atom. The van der Waals surface area contributed by atoms with Crippen molar-refractivity contribution >= 4 is 0 Å². The lowest BCUT2D eigenvalue weighted by atomic mass is 10.0. The van der Waals surface area contributed by atoms with Gasteiger partial charge in [-0.25, -0.2) is 4.98 Å². The summed E-state index contributed by atoms with van der Waals surface area (Å²) in [5, 5.41) is 3.49. The van der Waals surface area contributed by atoms with Gasteiger partial charge >= 0.3 is 0 Å². The maximum atomic E-state index is 5.84. The Bertz CT molecular complexity index is 372. The Labute approximate surface area is 117 Å². The topological polar surface area (TPSA) is 38.1 Å². The van der Waals surface area contributed by atoms with E-state index >= 15 is 0 Å². The van der Waals surface area contributed by atoms with E-state index in [-0.39, 0.29) is 5.54 Å². The quantitative estimate of drug-likeness (QED) is 0.796. The van der Waals surface area contributed by atoms with Crippen LogP contribution < -0.4 is 5.32 Å². The monoisotopic (exact) mass is 264 g/mol. The van der Waals surface area contributed by atoms with Crippen LogP contribution in [0, 0.1) is 5.92 Å². The largest absolute Gasteiger partial charge is 0.446 e. The van der Waals surface area contributed by atoms with E-state index in [2.05, 4.69) is 31.1 Å². The summed E-state index contributed by atoms with van der Waals surface area (Å²) in [5.41, 5.74) is 0.199. The van der Waals surface area contributed by atoms with Crippen molar-refractivity contribution in [3.05, 3.63) is 17.8 Å². The van der Waals surface area contributed by atoms with E-state index in [1.165, 1.54) is 25.7 Å². The van der Waals surface area contributed by atoms with Gasteiger partial charge in [0.05, 0.1) is 6.20 Å². The summed E-state index contributed by atoms with van der Waals surface area (Å²) >= 11 is 0. The van der Waals surface area contributed by atoms with Crippen molar-refractivity contribution in [3.8, 4) is 0 Å². The second-order valence-corrected chi connectivity index (χ2v) is 6.86. The standard InChI is InChI=1S/C16H28N2O/c1-16(2,3)18-10-6-9-15-17-12-14(19-15)11-13-7-4-5-8-13/h12-13,18H,4-11H2,1-3H3. The minimum atomic E-state index is 0.199. The molecule has 19 heavy (non-hydrogen) atoms. The number of hydrogen-bond acceptors (Lipinski definition) is 3. The van der Waals surface area contributed by atoms with Gasteiger partial charge < -0.3 is 9.73 Å². The third-order valence-corrected chi connectivity index (χ3v) is 3.79. The van der Waals surface area contributed by atoms with Crippen molar-refractivity contribution in [2.75, 3.05) is 6.54 Å². The summed E-state index contributed by atoms with van der Waals surface area (Å²) < 4.78 is 5.84. The van der Waals surface area contributed by atoms with Crippen molar-refractivity contribution in [2.45, 2.75) is 71.3 Å². The molecule has 0 amide bonds. The van der Waals surface area contributed by atoms with E-state index in [1.54, 1.807) is 0 Å². The van der Waals surface area contributed by atoms with Crippen LogP contribution in [-0.2, 0) is 12.8 Å². The third-order valence-electron chi connectivity index (χ3n) is 3.79. The summed E-state index contributed by atoms with van der Waals surface area (Å²) in [4.78, 5) is 4.40. The molecule has 3 nitrogen and oxygen atoms in total. The molecule has 0 saturated heterocycles. The number of nitrogens with zero attached hydrogens (tertiary/aromatic N) is 1. The highest BCUT2D eigenvalue weighted by Crippen LogP contribution is 2.28. The Morgan fingerprint density at radius 1 is 1.32 bits per heavy atom. The van der Waals surface area contributed by atoms with Crippen molar-refractivity contribution < 1.29 is 4.42 Å². The predicted molar refractivity (Wildman–Crippen MR) is 78.2 cm³/mol. The molecule has 3 heteroatoms. The average molecular weight is 264 g/mol. The van der Waals surface area contributed by atoms with E-state index in [0.717, 1.165) is 43.4 Å². The molecule has 2 rings (SSSR count). The minimum absolute atomic E-state index is 0.199. The lowest BCUT2D eigenvalue weighted by molar-refractivity contribution is 0.394. The van der Waals surface area contributed by atoms with Crippen molar-refractivity contribution in [3.63, 3.8) is 0 Å². The Balaban J connectivity index is 1.68. The lowest BCUT2D eigenvalue weighted by Crippen LogP contribution is -2.36. The van der Waals surface area contributed by atoms with Gasteiger partial charge in [0.25, 0.3) is 0 Å². The molecule has 1 aromatic heterocycles. The maximum absolute atomic E-state index is 5.84. The zero-order chi connectivity index (χ0) is 13.7. The van der Waals surface area contributed by atoms with Gasteiger partial charge in [-0.2, -0.15) is 0 Å². The van der Waals surface area contributed by atoms with Gasteiger partial charge in [-0.1, -0.05) is 25.7 Å². The van der Waals surface area contributed by atoms with Gasteiger partial charge in [0.1, 0.15) is 5.76 Å². The summed E-state index contributed by atoms with van der Waals surface area (Å²) in [5.74, 6) is 2.83. The molecule has 1 saturated carbocycles. The Morgan fingerprint density at radius 2 is 2.05 bits per heavy atom. The summed E-state index contributed by atoms with van der Waals surface area (Å²) in [6.45, 7) is 7.59. The van der Waals surface area contributed by atoms with Gasteiger partial charge in [-0.3, -0.25) is 0 Å². The number of hydrogen-bond donors (Lipinski definition) is 1. The molecule has 0 bridgehead atoms. The molecule has 1 N–H and O–H groups in total. The lowest BCUT2D eigenvalue weighted by Gasteiger charge is -2.20. The zero-order valence-electron chi connectivity index (χ0n) is 12.7. The van der Waals surface area contributed by atoms with Crippen LogP contribution in [0.5, 0.6) is 0 Å². The normalized spacial score (nSPS) is 17.2. The molecular weight excluding hydrogens is 236 g/mol. The molecule has 0 spiro atoms. The molecule has 0 aliphatic heterocycles. The highest BCUT2D eigenvalue weighted by atomic mass is 16.4. The van der Waals surface area contributed by atoms with E-state index < -0.39 is 0 Å². The highest BCUT2D eigenvalue weighted by molar-refractivity contribution is 4.96. The van der Waals surface area contributed by atoms with Gasteiger partial charge in [-0.15, -0.1) is 0 Å². The van der Waals surface area contributed by atoms with Gasteiger partial charge in [0.2, 0.25) is 0 Å². The first-order valence-electron chi connectivity index (χ1n) is 7.71. The molecule has 0 radical (unpaired) electrons.